The number of anilines is 2. The number of hydrogen-bond acceptors (Lipinski definition) is 4. The first kappa shape index (κ1) is 21.2. The molecular formula is C21H20ClN5O3S. The van der Waals surface area contributed by atoms with Crippen molar-refractivity contribution >= 4 is 45.8 Å². The van der Waals surface area contributed by atoms with Gasteiger partial charge in [-0.05, 0) is 42.7 Å². The second-order valence-electron chi connectivity index (χ2n) is 7.23. The van der Waals surface area contributed by atoms with Crippen LogP contribution < -0.4 is 15.8 Å². The molecule has 0 spiro atoms. The van der Waals surface area contributed by atoms with E-state index in [0.29, 0.717) is 32.5 Å². The Hall–Kier alpha value is -3.01. The number of nitrogens with two attached hydrogens (primary N) is 1. The van der Waals surface area contributed by atoms with Crippen molar-refractivity contribution < 1.29 is 13.8 Å². The smallest absolute Gasteiger partial charge is 0.228 e. The van der Waals surface area contributed by atoms with Crippen LogP contribution in [0.3, 0.4) is 0 Å². The lowest BCUT2D eigenvalue weighted by Crippen LogP contribution is -2.16. The van der Waals surface area contributed by atoms with Crippen molar-refractivity contribution in [3.63, 3.8) is 0 Å². The van der Waals surface area contributed by atoms with Crippen LogP contribution in [0.1, 0.15) is 18.4 Å². The summed E-state index contributed by atoms with van der Waals surface area (Å²) in [6.45, 7) is 0. The van der Waals surface area contributed by atoms with Crippen LogP contribution in [0.4, 0.5) is 11.4 Å². The molecule has 1 aromatic heterocycles. The summed E-state index contributed by atoms with van der Waals surface area (Å²) in [6, 6.07) is 12.0. The molecule has 31 heavy (non-hydrogen) atoms. The molecule has 8 nitrogen and oxygen atoms in total. The number of nitrogens with one attached hydrogen (secondary N) is 2. The van der Waals surface area contributed by atoms with E-state index in [4.69, 9.17) is 16.7 Å². The Labute approximate surface area is 186 Å². The standard InChI is InChI=1S/C21H20ClN5O3S/c22-17-4-2-1-3-14(17)9-20(28)25-15-7-8-18(19(10-15)31(23)30)27-12-16(11-24-27)26-21(29)13-5-6-13/h1-4,7-8,10-13H,5-6,9,23H2,(H,25,28)(H,26,29). The number of nitrogens with zero attached hydrogens (tertiary/aromatic N) is 2. The lowest BCUT2D eigenvalue weighted by atomic mass is 10.1. The van der Waals surface area contributed by atoms with Gasteiger partial charge < -0.3 is 10.6 Å². The fraction of sp³-hybridized carbons (Fsp3) is 0.190. The second-order valence-corrected chi connectivity index (χ2v) is 8.68. The number of hydrogen-bond donors (Lipinski definition) is 3. The summed E-state index contributed by atoms with van der Waals surface area (Å²) >= 11 is 6.11. The number of aromatic nitrogens is 2. The van der Waals surface area contributed by atoms with Crippen LogP contribution in [0.15, 0.2) is 59.8 Å². The maximum atomic E-state index is 12.4. The maximum Gasteiger partial charge on any atom is 0.228 e. The quantitative estimate of drug-likeness (QED) is 0.505. The molecule has 4 rings (SSSR count). The molecule has 1 fully saturated rings. The molecule has 3 aromatic rings. The topological polar surface area (TPSA) is 119 Å². The molecule has 10 heteroatoms. The van der Waals surface area contributed by atoms with E-state index in [9.17, 15) is 13.8 Å². The molecule has 4 N–H and O–H groups in total. The number of carbonyl (C=O) groups is 2. The van der Waals surface area contributed by atoms with Crippen molar-refractivity contribution in [3.8, 4) is 5.69 Å². The van der Waals surface area contributed by atoms with Crippen LogP contribution in [0.25, 0.3) is 5.69 Å². The molecule has 2 amide bonds. The third-order valence-corrected chi connectivity index (χ3v) is 5.94. The Morgan fingerprint density at radius 2 is 1.94 bits per heavy atom. The molecule has 0 bridgehead atoms. The lowest BCUT2D eigenvalue weighted by molar-refractivity contribution is -0.117. The highest BCUT2D eigenvalue weighted by atomic mass is 35.5. The summed E-state index contributed by atoms with van der Waals surface area (Å²) in [5, 5.41) is 16.0. The average Bonchev–Trinajstić information content (AvgIpc) is 3.49. The molecular weight excluding hydrogens is 438 g/mol. The highest BCUT2D eigenvalue weighted by Gasteiger charge is 2.29. The van der Waals surface area contributed by atoms with Crippen LogP contribution in [0, 0.1) is 5.92 Å². The summed E-state index contributed by atoms with van der Waals surface area (Å²) in [7, 11) is -1.83. The zero-order chi connectivity index (χ0) is 22.0. The van der Waals surface area contributed by atoms with Gasteiger partial charge in [-0.25, -0.2) is 14.0 Å². The highest BCUT2D eigenvalue weighted by molar-refractivity contribution is 7.82. The minimum absolute atomic E-state index is 0.0289. The average molecular weight is 458 g/mol. The Morgan fingerprint density at radius 3 is 2.65 bits per heavy atom. The van der Waals surface area contributed by atoms with E-state index in [1.807, 2.05) is 6.07 Å². The van der Waals surface area contributed by atoms with Gasteiger partial charge in [-0.1, -0.05) is 29.8 Å². The molecule has 1 aliphatic carbocycles. The van der Waals surface area contributed by atoms with Crippen LogP contribution in [0.5, 0.6) is 0 Å². The molecule has 1 heterocycles. The first-order valence-corrected chi connectivity index (χ1v) is 11.2. The van der Waals surface area contributed by atoms with Gasteiger partial charge in [0.2, 0.25) is 11.8 Å². The fourth-order valence-corrected chi connectivity index (χ4v) is 3.88. The lowest BCUT2D eigenvalue weighted by Gasteiger charge is -2.11. The van der Waals surface area contributed by atoms with Crippen molar-refractivity contribution in [2.45, 2.75) is 24.2 Å². The van der Waals surface area contributed by atoms with E-state index in [0.717, 1.165) is 12.8 Å². The fourth-order valence-electron chi connectivity index (χ4n) is 3.07. The zero-order valence-corrected chi connectivity index (χ0v) is 17.9. The van der Waals surface area contributed by atoms with Crippen LogP contribution in [-0.2, 0) is 27.0 Å². The van der Waals surface area contributed by atoms with Crippen molar-refractivity contribution in [2.75, 3.05) is 10.6 Å². The second kappa shape index (κ2) is 9.01. The first-order valence-electron chi connectivity index (χ1n) is 9.60. The monoisotopic (exact) mass is 457 g/mol. The van der Waals surface area contributed by atoms with Crippen molar-refractivity contribution in [1.29, 1.82) is 0 Å². The predicted molar refractivity (Wildman–Crippen MR) is 119 cm³/mol. The molecule has 1 aliphatic rings. The summed E-state index contributed by atoms with van der Waals surface area (Å²) in [6.07, 6.45) is 5.05. The van der Waals surface area contributed by atoms with E-state index >= 15 is 0 Å². The minimum atomic E-state index is -1.83. The molecule has 160 valence electrons. The first-order chi connectivity index (χ1) is 14.9. The van der Waals surface area contributed by atoms with Gasteiger partial charge >= 0.3 is 0 Å². The number of amides is 2. The van der Waals surface area contributed by atoms with E-state index in [2.05, 4.69) is 15.7 Å². The van der Waals surface area contributed by atoms with Gasteiger partial charge in [0.15, 0.2) is 0 Å². The van der Waals surface area contributed by atoms with Gasteiger partial charge in [0.1, 0.15) is 11.0 Å². The van der Waals surface area contributed by atoms with Crippen LogP contribution in [-0.4, -0.2) is 25.8 Å². The third kappa shape index (κ3) is 5.19. The summed E-state index contributed by atoms with van der Waals surface area (Å²) in [4.78, 5) is 24.6. The van der Waals surface area contributed by atoms with E-state index in [1.54, 1.807) is 42.6 Å². The molecule has 1 saturated carbocycles. The van der Waals surface area contributed by atoms with Crippen molar-refractivity contribution in [3.05, 3.63) is 65.4 Å². The van der Waals surface area contributed by atoms with E-state index in [1.165, 1.54) is 10.9 Å². The van der Waals surface area contributed by atoms with Gasteiger partial charge in [0.05, 0.1) is 35.1 Å². The normalized spacial score (nSPS) is 14.1. The molecule has 0 saturated heterocycles. The van der Waals surface area contributed by atoms with Crippen LogP contribution in [0.2, 0.25) is 5.02 Å². The maximum absolute atomic E-state index is 12.4. The Balaban J connectivity index is 1.51. The third-order valence-electron chi connectivity index (χ3n) is 4.81. The van der Waals surface area contributed by atoms with Crippen molar-refractivity contribution in [2.24, 2.45) is 11.1 Å². The van der Waals surface area contributed by atoms with Gasteiger partial charge in [0.25, 0.3) is 0 Å². The van der Waals surface area contributed by atoms with Crippen LogP contribution >= 0.6 is 11.6 Å². The summed E-state index contributed by atoms with van der Waals surface area (Å²) in [5.74, 6) is -0.221. The Kier molecular flexibility index (Phi) is 6.17. The number of rotatable bonds is 7. The molecule has 0 radical (unpaired) electrons. The number of benzene rings is 2. The number of halogens is 1. The van der Waals surface area contributed by atoms with E-state index < -0.39 is 11.0 Å². The van der Waals surface area contributed by atoms with Gasteiger partial charge in [0, 0.05) is 16.6 Å². The van der Waals surface area contributed by atoms with Gasteiger partial charge in [-0.3, -0.25) is 9.59 Å². The molecule has 2 aromatic carbocycles. The van der Waals surface area contributed by atoms with E-state index in [-0.39, 0.29) is 24.2 Å². The predicted octanol–water partition coefficient (Wildman–Crippen LogP) is 3.04. The highest BCUT2D eigenvalue weighted by Crippen LogP contribution is 2.30. The molecule has 1 unspecified atom stereocenters. The van der Waals surface area contributed by atoms with Crippen molar-refractivity contribution in [1.82, 2.24) is 9.78 Å². The largest absolute Gasteiger partial charge is 0.326 e. The summed E-state index contributed by atoms with van der Waals surface area (Å²) in [5.41, 5.74) is 2.18. The summed E-state index contributed by atoms with van der Waals surface area (Å²) < 4.78 is 13.6. The Bertz CT molecular complexity index is 1180. The SMILES string of the molecule is NS(=O)c1cc(NC(=O)Cc2ccccc2Cl)ccc1-n1cc(NC(=O)C2CC2)cn1. The van der Waals surface area contributed by atoms with Gasteiger partial charge in [-0.15, -0.1) is 0 Å². The minimum Gasteiger partial charge on any atom is -0.326 e. The number of carbonyl (C=O) groups excluding carboxylic acids is 2. The Morgan fingerprint density at radius 1 is 1.16 bits per heavy atom. The van der Waals surface area contributed by atoms with Gasteiger partial charge in [-0.2, -0.15) is 5.10 Å². The zero-order valence-electron chi connectivity index (χ0n) is 16.4. The molecule has 1 atom stereocenters. The molecule has 0 aliphatic heterocycles.